The highest BCUT2D eigenvalue weighted by Crippen LogP contribution is 2.33. The molecule has 1 unspecified atom stereocenters. The fourth-order valence-electron chi connectivity index (χ4n) is 2.83. The van der Waals surface area contributed by atoms with E-state index in [1.165, 1.54) is 0 Å². The van der Waals surface area contributed by atoms with Crippen LogP contribution in [0.25, 0.3) is 0 Å². The van der Waals surface area contributed by atoms with E-state index >= 15 is 0 Å². The standard InChI is InChI=1S/C14H26N4O3/c15-10(6-8-3-4-8)14(21)18-11(12(16)19)7-9-2-1-5-17-13(9)20/h8-11,13,17,20H,1-7,15H2,(H2,16,19)(H,18,21)/t9-,10-,11-,13?/m0/s1. The van der Waals surface area contributed by atoms with E-state index in [-0.39, 0.29) is 11.8 Å². The van der Waals surface area contributed by atoms with Crippen LogP contribution in [-0.4, -0.2) is 41.8 Å². The molecule has 21 heavy (non-hydrogen) atoms. The number of carbonyl (C=O) groups is 2. The SMILES string of the molecule is NC(=O)[C@H](C[C@@H]1CCCNC1O)NC(=O)[C@@H](N)CC1CC1. The highest BCUT2D eigenvalue weighted by molar-refractivity contribution is 5.88. The minimum absolute atomic E-state index is 0.0868. The highest BCUT2D eigenvalue weighted by Gasteiger charge is 2.31. The molecule has 0 aromatic carbocycles. The molecule has 7 heteroatoms. The third-order valence-electron chi connectivity index (χ3n) is 4.37. The van der Waals surface area contributed by atoms with Gasteiger partial charge in [0.25, 0.3) is 0 Å². The van der Waals surface area contributed by atoms with E-state index in [1.54, 1.807) is 0 Å². The zero-order valence-electron chi connectivity index (χ0n) is 12.3. The number of primary amides is 1. The van der Waals surface area contributed by atoms with Crippen molar-refractivity contribution < 1.29 is 14.7 Å². The molecule has 2 fully saturated rings. The summed E-state index contributed by atoms with van der Waals surface area (Å²) in [5.41, 5.74) is 11.2. The summed E-state index contributed by atoms with van der Waals surface area (Å²) in [6, 6.07) is -1.36. The number of nitrogens with two attached hydrogens (primary N) is 2. The van der Waals surface area contributed by atoms with Gasteiger partial charge in [0.15, 0.2) is 0 Å². The summed E-state index contributed by atoms with van der Waals surface area (Å²) in [4.78, 5) is 23.6. The predicted molar refractivity (Wildman–Crippen MR) is 77.8 cm³/mol. The van der Waals surface area contributed by atoms with Crippen molar-refractivity contribution in [3.63, 3.8) is 0 Å². The quantitative estimate of drug-likeness (QED) is 0.403. The van der Waals surface area contributed by atoms with Crippen LogP contribution < -0.4 is 22.1 Å². The Balaban J connectivity index is 1.85. The van der Waals surface area contributed by atoms with Crippen LogP contribution in [0.1, 0.15) is 38.5 Å². The van der Waals surface area contributed by atoms with E-state index in [0.29, 0.717) is 18.8 Å². The topological polar surface area (TPSA) is 130 Å². The first kappa shape index (κ1) is 16.2. The molecular formula is C14H26N4O3. The molecule has 1 aliphatic carbocycles. The smallest absolute Gasteiger partial charge is 0.240 e. The molecule has 120 valence electrons. The van der Waals surface area contributed by atoms with Gasteiger partial charge in [-0.1, -0.05) is 12.8 Å². The van der Waals surface area contributed by atoms with Crippen LogP contribution in [0, 0.1) is 11.8 Å². The van der Waals surface area contributed by atoms with Gasteiger partial charge in [-0.3, -0.25) is 14.9 Å². The van der Waals surface area contributed by atoms with Crippen LogP contribution >= 0.6 is 0 Å². The maximum Gasteiger partial charge on any atom is 0.240 e. The molecule has 2 rings (SSSR count). The lowest BCUT2D eigenvalue weighted by molar-refractivity contribution is -0.129. The molecular weight excluding hydrogens is 272 g/mol. The van der Waals surface area contributed by atoms with E-state index in [4.69, 9.17) is 11.5 Å². The second-order valence-corrected chi connectivity index (χ2v) is 6.29. The van der Waals surface area contributed by atoms with E-state index < -0.39 is 24.2 Å². The second kappa shape index (κ2) is 7.20. The van der Waals surface area contributed by atoms with Crippen molar-refractivity contribution in [1.82, 2.24) is 10.6 Å². The van der Waals surface area contributed by atoms with Gasteiger partial charge in [0.05, 0.1) is 6.04 Å². The van der Waals surface area contributed by atoms with Crippen molar-refractivity contribution in [1.29, 1.82) is 0 Å². The van der Waals surface area contributed by atoms with Crippen LogP contribution in [0.4, 0.5) is 0 Å². The monoisotopic (exact) mass is 298 g/mol. The Morgan fingerprint density at radius 3 is 2.57 bits per heavy atom. The molecule has 7 nitrogen and oxygen atoms in total. The minimum Gasteiger partial charge on any atom is -0.378 e. The number of nitrogens with one attached hydrogen (secondary N) is 2. The third kappa shape index (κ3) is 4.94. The number of aliphatic hydroxyl groups excluding tert-OH is 1. The maximum absolute atomic E-state index is 12.0. The Hall–Kier alpha value is -1.18. The molecule has 1 saturated heterocycles. The predicted octanol–water partition coefficient (Wildman–Crippen LogP) is -1.21. The zero-order chi connectivity index (χ0) is 15.4. The summed E-state index contributed by atoms with van der Waals surface area (Å²) in [6.07, 6.45) is 4.33. The largest absolute Gasteiger partial charge is 0.378 e. The number of hydrogen-bond donors (Lipinski definition) is 5. The van der Waals surface area contributed by atoms with Gasteiger partial charge in [0, 0.05) is 5.92 Å². The Morgan fingerprint density at radius 2 is 2.00 bits per heavy atom. The molecule has 0 radical (unpaired) electrons. The number of aliphatic hydroxyl groups is 1. The lowest BCUT2D eigenvalue weighted by atomic mass is 9.90. The maximum atomic E-state index is 12.0. The Labute approximate surface area is 124 Å². The molecule has 0 bridgehead atoms. The molecule has 0 aromatic rings. The molecule has 1 aliphatic heterocycles. The molecule has 0 spiro atoms. The lowest BCUT2D eigenvalue weighted by Gasteiger charge is -2.31. The summed E-state index contributed by atoms with van der Waals surface area (Å²) < 4.78 is 0. The highest BCUT2D eigenvalue weighted by atomic mass is 16.3. The Bertz CT molecular complexity index is 386. The van der Waals surface area contributed by atoms with E-state index in [2.05, 4.69) is 10.6 Å². The van der Waals surface area contributed by atoms with Crippen molar-refractivity contribution >= 4 is 11.8 Å². The van der Waals surface area contributed by atoms with Crippen LogP contribution in [0.15, 0.2) is 0 Å². The number of hydrogen-bond acceptors (Lipinski definition) is 5. The van der Waals surface area contributed by atoms with Crippen LogP contribution in [-0.2, 0) is 9.59 Å². The fourth-order valence-corrected chi connectivity index (χ4v) is 2.83. The summed E-state index contributed by atoms with van der Waals surface area (Å²) >= 11 is 0. The summed E-state index contributed by atoms with van der Waals surface area (Å²) in [5.74, 6) is -0.456. The Kier molecular flexibility index (Phi) is 5.55. The first-order valence-corrected chi connectivity index (χ1v) is 7.74. The minimum atomic E-state index is -0.776. The normalized spacial score (nSPS) is 28.7. The van der Waals surface area contributed by atoms with E-state index in [0.717, 1.165) is 32.2 Å². The number of piperidine rings is 1. The molecule has 1 saturated carbocycles. The number of carbonyl (C=O) groups excluding carboxylic acids is 2. The van der Waals surface area contributed by atoms with Gasteiger partial charge < -0.3 is 21.9 Å². The van der Waals surface area contributed by atoms with E-state index in [1.807, 2.05) is 0 Å². The molecule has 0 aromatic heterocycles. The van der Waals surface area contributed by atoms with E-state index in [9.17, 15) is 14.7 Å². The van der Waals surface area contributed by atoms with Crippen LogP contribution in [0.5, 0.6) is 0 Å². The van der Waals surface area contributed by atoms with Gasteiger partial charge in [-0.2, -0.15) is 0 Å². The van der Waals surface area contributed by atoms with Crippen LogP contribution in [0.2, 0.25) is 0 Å². The van der Waals surface area contributed by atoms with Gasteiger partial charge in [-0.15, -0.1) is 0 Å². The van der Waals surface area contributed by atoms with Gasteiger partial charge in [-0.05, 0) is 38.1 Å². The molecule has 4 atom stereocenters. The molecule has 7 N–H and O–H groups in total. The summed E-state index contributed by atoms with van der Waals surface area (Å²) in [5, 5.41) is 15.5. The van der Waals surface area contributed by atoms with Crippen molar-refractivity contribution in [3.8, 4) is 0 Å². The molecule has 2 amide bonds. The van der Waals surface area contributed by atoms with Gasteiger partial charge in [0.2, 0.25) is 11.8 Å². The molecule has 2 aliphatic rings. The lowest BCUT2D eigenvalue weighted by Crippen LogP contribution is -2.53. The van der Waals surface area contributed by atoms with Gasteiger partial charge >= 0.3 is 0 Å². The van der Waals surface area contributed by atoms with Gasteiger partial charge in [0.1, 0.15) is 12.3 Å². The number of rotatable bonds is 7. The second-order valence-electron chi connectivity index (χ2n) is 6.29. The van der Waals surface area contributed by atoms with Crippen molar-refractivity contribution in [3.05, 3.63) is 0 Å². The Morgan fingerprint density at radius 1 is 1.29 bits per heavy atom. The average molecular weight is 298 g/mol. The number of amides is 2. The van der Waals surface area contributed by atoms with Crippen LogP contribution in [0.3, 0.4) is 0 Å². The molecule has 1 heterocycles. The summed E-state index contributed by atoms with van der Waals surface area (Å²) in [6.45, 7) is 0.761. The van der Waals surface area contributed by atoms with Crippen molar-refractivity contribution in [2.24, 2.45) is 23.3 Å². The zero-order valence-corrected chi connectivity index (χ0v) is 12.3. The summed E-state index contributed by atoms with van der Waals surface area (Å²) in [7, 11) is 0. The fraction of sp³-hybridized carbons (Fsp3) is 0.857. The van der Waals surface area contributed by atoms with Gasteiger partial charge in [-0.25, -0.2) is 0 Å². The first-order valence-electron chi connectivity index (χ1n) is 7.74. The third-order valence-corrected chi connectivity index (χ3v) is 4.37. The first-order chi connectivity index (χ1) is 9.97. The average Bonchev–Trinajstić information content (AvgIpc) is 3.23. The van der Waals surface area contributed by atoms with Crippen molar-refractivity contribution in [2.45, 2.75) is 56.8 Å². The van der Waals surface area contributed by atoms with Crippen molar-refractivity contribution in [2.75, 3.05) is 6.54 Å².